The van der Waals surface area contributed by atoms with Crippen LogP contribution in [0.2, 0.25) is 0 Å². The van der Waals surface area contributed by atoms with Crippen molar-refractivity contribution in [3.8, 4) is 0 Å². The molecule has 0 atom stereocenters. The highest BCUT2D eigenvalue weighted by Gasteiger charge is 1.88. The molecule has 0 saturated carbocycles. The van der Waals surface area contributed by atoms with E-state index in [2.05, 4.69) is 54.7 Å². The topological polar surface area (TPSA) is 0 Å². The summed E-state index contributed by atoms with van der Waals surface area (Å²) in [4.78, 5) is 0. The largest absolute Gasteiger partial charge is 0.0988 e. The maximum Gasteiger partial charge on any atom is -0.0396 e. The summed E-state index contributed by atoms with van der Waals surface area (Å²) in [6.07, 6.45) is 1.87. The van der Waals surface area contributed by atoms with E-state index in [0.717, 1.165) is 0 Å². The average Bonchev–Trinajstić information content (AvgIpc) is 2.51. The van der Waals surface area contributed by atoms with Crippen LogP contribution < -0.4 is 0 Å². The van der Waals surface area contributed by atoms with Gasteiger partial charge in [0.2, 0.25) is 0 Å². The van der Waals surface area contributed by atoms with Crippen molar-refractivity contribution in [3.63, 3.8) is 0 Å². The summed E-state index contributed by atoms with van der Waals surface area (Å²) in [6.45, 7) is 34.0. The molecule has 0 aromatic carbocycles. The minimum absolute atomic E-state index is 1.17. The van der Waals surface area contributed by atoms with Crippen molar-refractivity contribution < 1.29 is 0 Å². The van der Waals surface area contributed by atoms with Crippen LogP contribution in [-0.4, -0.2) is 0 Å². The molecular weight excluding hydrogens is 252 g/mol. The average molecular weight is 297 g/mol. The van der Waals surface area contributed by atoms with Crippen LogP contribution >= 0.6 is 0 Å². The third-order valence-corrected chi connectivity index (χ3v) is 2.49. The minimum atomic E-state index is 1.17. The standard InChI is InChI=1S/C8H14.C7H12.3C2H6/c1-6(2)8(5)7(3)4;1-5-7(4)6(2)3;3*1-2/h1H2,2-5H3;5H,1H2,2-4H3;3*1-2H3. The Bertz CT molecular complexity index is 277. The zero-order valence-electron chi connectivity index (χ0n) is 17.5. The highest BCUT2D eigenvalue weighted by Crippen LogP contribution is 2.09. The number of rotatable bonds is 2. The van der Waals surface area contributed by atoms with Crippen molar-refractivity contribution in [2.75, 3.05) is 0 Å². The van der Waals surface area contributed by atoms with Crippen LogP contribution in [0.1, 0.15) is 90.0 Å². The Hall–Kier alpha value is -1.04. The number of allylic oxidation sites excluding steroid dienone is 6. The van der Waals surface area contributed by atoms with E-state index in [4.69, 9.17) is 0 Å². The van der Waals surface area contributed by atoms with E-state index in [9.17, 15) is 0 Å². The van der Waals surface area contributed by atoms with Crippen LogP contribution in [0.3, 0.4) is 0 Å². The Morgan fingerprint density at radius 2 is 0.905 bits per heavy atom. The summed E-state index contributed by atoms with van der Waals surface area (Å²) >= 11 is 0. The molecule has 0 radical (unpaired) electrons. The molecule has 0 unspecified atom stereocenters. The molecule has 0 saturated heterocycles. The molecule has 0 N–H and O–H groups in total. The number of hydrogen-bond acceptors (Lipinski definition) is 0. The highest BCUT2D eigenvalue weighted by molar-refractivity contribution is 5.27. The first kappa shape index (κ1) is 32.1. The van der Waals surface area contributed by atoms with Crippen LogP contribution in [0, 0.1) is 0 Å². The van der Waals surface area contributed by atoms with E-state index in [-0.39, 0.29) is 0 Å². The lowest BCUT2D eigenvalue weighted by atomic mass is 10.1. The molecule has 0 heterocycles. The summed E-state index contributed by atoms with van der Waals surface area (Å²) in [5.74, 6) is 0. The second kappa shape index (κ2) is 27.3. The van der Waals surface area contributed by atoms with Crippen molar-refractivity contribution in [2.45, 2.75) is 90.0 Å². The van der Waals surface area contributed by atoms with E-state index in [1.807, 2.05) is 54.5 Å². The fourth-order valence-electron chi connectivity index (χ4n) is 0.631. The predicted octanol–water partition coefficient (Wildman–Crippen LogP) is 8.53. The van der Waals surface area contributed by atoms with Gasteiger partial charge in [-0.15, -0.1) is 0 Å². The van der Waals surface area contributed by atoms with Crippen molar-refractivity contribution in [2.24, 2.45) is 0 Å². The van der Waals surface area contributed by atoms with E-state index in [1.54, 1.807) is 0 Å². The van der Waals surface area contributed by atoms with Gasteiger partial charge < -0.3 is 0 Å². The summed E-state index contributed by atoms with van der Waals surface area (Å²) in [7, 11) is 0. The first-order valence-electron chi connectivity index (χ1n) is 8.30. The normalized spacial score (nSPS) is 6.71. The molecule has 0 amide bonds. The maximum absolute atomic E-state index is 3.82. The molecule has 0 aromatic heterocycles. The lowest BCUT2D eigenvalue weighted by molar-refractivity contribution is 1.23. The SMILES string of the molecule is C=C(C)C(C)=C(C)C.C=CC(C)=C(C)C.CC.CC.CC. The second-order valence-corrected chi connectivity index (χ2v) is 4.29. The third-order valence-electron chi connectivity index (χ3n) is 2.49. The molecule has 0 rings (SSSR count). The molecule has 0 heteroatoms. The molecular formula is C21H44. The molecule has 0 aliphatic carbocycles. The maximum atomic E-state index is 3.82. The third kappa shape index (κ3) is 32.5. The fraction of sp³-hybridized carbons (Fsp3) is 0.619. The Labute approximate surface area is 137 Å². The molecule has 0 spiro atoms. The minimum Gasteiger partial charge on any atom is -0.0988 e. The zero-order valence-corrected chi connectivity index (χ0v) is 17.5. The number of hydrogen-bond donors (Lipinski definition) is 0. The molecule has 0 fully saturated rings. The fourth-order valence-corrected chi connectivity index (χ4v) is 0.631. The lowest BCUT2D eigenvalue weighted by Gasteiger charge is -1.99. The molecule has 0 bridgehead atoms. The van der Waals surface area contributed by atoms with Crippen LogP contribution in [0.25, 0.3) is 0 Å². The van der Waals surface area contributed by atoms with E-state index >= 15 is 0 Å². The smallest absolute Gasteiger partial charge is 0.0396 e. The van der Waals surface area contributed by atoms with Gasteiger partial charge in [0.05, 0.1) is 0 Å². The lowest BCUT2D eigenvalue weighted by Crippen LogP contribution is -1.78. The van der Waals surface area contributed by atoms with Gasteiger partial charge in [-0.1, -0.05) is 88.6 Å². The summed E-state index contributed by atoms with van der Waals surface area (Å²) in [5, 5.41) is 0. The van der Waals surface area contributed by atoms with Gasteiger partial charge in [0.25, 0.3) is 0 Å². The van der Waals surface area contributed by atoms with Crippen molar-refractivity contribution in [1.29, 1.82) is 0 Å². The highest BCUT2D eigenvalue weighted by atomic mass is 13.9. The first-order chi connectivity index (χ1) is 9.73. The monoisotopic (exact) mass is 296 g/mol. The van der Waals surface area contributed by atoms with Gasteiger partial charge in [0.1, 0.15) is 0 Å². The van der Waals surface area contributed by atoms with Crippen LogP contribution in [0.5, 0.6) is 0 Å². The second-order valence-electron chi connectivity index (χ2n) is 4.29. The Balaban J connectivity index is -0.0000000600. The predicted molar refractivity (Wildman–Crippen MR) is 107 cm³/mol. The molecule has 0 aliphatic heterocycles. The van der Waals surface area contributed by atoms with Gasteiger partial charge in [0, 0.05) is 0 Å². The van der Waals surface area contributed by atoms with Crippen LogP contribution in [0.15, 0.2) is 47.1 Å². The van der Waals surface area contributed by atoms with E-state index in [1.165, 1.54) is 27.9 Å². The molecule has 0 aromatic rings. The summed E-state index contributed by atoms with van der Waals surface area (Å²) in [5.41, 5.74) is 6.47. The van der Waals surface area contributed by atoms with Crippen molar-refractivity contribution in [1.82, 2.24) is 0 Å². The molecule has 21 heavy (non-hydrogen) atoms. The van der Waals surface area contributed by atoms with Crippen molar-refractivity contribution >= 4 is 0 Å². The molecule has 0 aliphatic rings. The van der Waals surface area contributed by atoms with Crippen LogP contribution in [0.4, 0.5) is 0 Å². The van der Waals surface area contributed by atoms with Crippen molar-refractivity contribution in [3.05, 3.63) is 47.1 Å². The summed E-state index contributed by atoms with van der Waals surface area (Å²) in [6, 6.07) is 0. The van der Waals surface area contributed by atoms with Crippen LogP contribution in [-0.2, 0) is 0 Å². The Kier molecular flexibility index (Phi) is 41.7. The van der Waals surface area contributed by atoms with E-state index < -0.39 is 0 Å². The van der Waals surface area contributed by atoms with Gasteiger partial charge in [-0.25, -0.2) is 0 Å². The van der Waals surface area contributed by atoms with Gasteiger partial charge in [-0.05, 0) is 48.5 Å². The molecule has 128 valence electrons. The van der Waals surface area contributed by atoms with Gasteiger partial charge >= 0.3 is 0 Å². The zero-order chi connectivity index (χ0) is 18.6. The van der Waals surface area contributed by atoms with Gasteiger partial charge in [0.15, 0.2) is 0 Å². The van der Waals surface area contributed by atoms with Gasteiger partial charge in [-0.2, -0.15) is 0 Å². The Morgan fingerprint density at radius 1 is 0.619 bits per heavy atom. The quantitative estimate of drug-likeness (QED) is 0.448. The summed E-state index contributed by atoms with van der Waals surface area (Å²) < 4.78 is 0. The van der Waals surface area contributed by atoms with E-state index in [0.29, 0.717) is 0 Å². The van der Waals surface area contributed by atoms with Gasteiger partial charge in [-0.3, -0.25) is 0 Å². The molecule has 0 nitrogen and oxygen atoms in total. The Morgan fingerprint density at radius 3 is 0.905 bits per heavy atom. The first-order valence-corrected chi connectivity index (χ1v) is 8.30.